The van der Waals surface area contributed by atoms with Crippen molar-refractivity contribution >= 4 is 5.97 Å². The van der Waals surface area contributed by atoms with Crippen LogP contribution in [0, 0.1) is 11.8 Å². The number of carbonyl (C=O) groups excluding carboxylic acids is 1. The van der Waals surface area contributed by atoms with Gasteiger partial charge in [0.25, 0.3) is 0 Å². The van der Waals surface area contributed by atoms with Crippen LogP contribution in [-0.4, -0.2) is 18.2 Å². The summed E-state index contributed by atoms with van der Waals surface area (Å²) in [7, 11) is 1.32. The molecule has 1 N–H and O–H groups in total. The highest BCUT2D eigenvalue weighted by Crippen LogP contribution is 2.26. The maximum absolute atomic E-state index is 10.9. The second-order valence-corrected chi connectivity index (χ2v) is 5.04. The zero-order valence-electron chi connectivity index (χ0n) is 11.2. The van der Waals surface area contributed by atoms with Crippen LogP contribution in [0.2, 0.25) is 0 Å². The summed E-state index contributed by atoms with van der Waals surface area (Å²) >= 11 is 0. The quantitative estimate of drug-likeness (QED) is 0.612. The number of phenolic OH excluding ortho intramolecular Hbond substituents is 1. The molecule has 0 atom stereocenters. The predicted molar refractivity (Wildman–Crippen MR) is 70.3 cm³/mol. The Balaban J connectivity index is 2.98. The summed E-state index contributed by atoms with van der Waals surface area (Å²) in [5.74, 6) is 5.22. The molecular formula is C15H18O3. The Morgan fingerprint density at radius 3 is 2.61 bits per heavy atom. The molecule has 96 valence electrons. The minimum absolute atomic E-state index is 0.00746. The molecule has 0 spiro atoms. The summed E-state index contributed by atoms with van der Waals surface area (Å²) in [6.45, 7) is 6.26. The minimum Gasteiger partial charge on any atom is -0.507 e. The molecule has 0 aliphatic rings. The Kier molecular flexibility index (Phi) is 4.38. The van der Waals surface area contributed by atoms with E-state index in [1.165, 1.54) is 7.11 Å². The number of phenols is 1. The SMILES string of the molecule is COC(=O)CC#Cc1cc(C(C)(C)C)ccc1O. The van der Waals surface area contributed by atoms with E-state index in [0.717, 1.165) is 5.56 Å². The molecule has 0 fully saturated rings. The highest BCUT2D eigenvalue weighted by atomic mass is 16.5. The molecule has 0 aromatic heterocycles. The van der Waals surface area contributed by atoms with Crippen molar-refractivity contribution in [3.8, 4) is 17.6 Å². The standard InChI is InChI=1S/C15H18O3/c1-15(2,3)12-8-9-13(16)11(10-12)6-5-7-14(17)18-4/h8-10,16H,7H2,1-4H3. The average molecular weight is 246 g/mol. The number of methoxy groups -OCH3 is 1. The first-order chi connectivity index (χ1) is 8.34. The molecule has 0 saturated heterocycles. The highest BCUT2D eigenvalue weighted by molar-refractivity contribution is 5.72. The average Bonchev–Trinajstić information content (AvgIpc) is 2.29. The molecule has 0 aliphatic heterocycles. The van der Waals surface area contributed by atoms with Crippen LogP contribution in [0.25, 0.3) is 0 Å². The Labute approximate surface area is 108 Å². The second kappa shape index (κ2) is 5.59. The largest absolute Gasteiger partial charge is 0.507 e. The van der Waals surface area contributed by atoms with Crippen LogP contribution in [0.1, 0.15) is 38.3 Å². The smallest absolute Gasteiger partial charge is 0.317 e. The molecule has 1 rings (SSSR count). The summed E-state index contributed by atoms with van der Waals surface area (Å²) in [5.41, 5.74) is 1.61. The van der Waals surface area contributed by atoms with Gasteiger partial charge in [-0.1, -0.05) is 38.7 Å². The number of carbonyl (C=O) groups is 1. The first-order valence-corrected chi connectivity index (χ1v) is 5.74. The van der Waals surface area contributed by atoms with Crippen molar-refractivity contribution in [2.24, 2.45) is 0 Å². The Bertz CT molecular complexity index is 499. The third-order valence-electron chi connectivity index (χ3n) is 2.55. The lowest BCUT2D eigenvalue weighted by Gasteiger charge is -2.19. The van der Waals surface area contributed by atoms with Crippen molar-refractivity contribution in [1.29, 1.82) is 0 Å². The van der Waals surface area contributed by atoms with Gasteiger partial charge < -0.3 is 9.84 Å². The van der Waals surface area contributed by atoms with Crippen molar-refractivity contribution in [2.45, 2.75) is 32.6 Å². The van der Waals surface area contributed by atoms with Crippen LogP contribution < -0.4 is 0 Å². The molecular weight excluding hydrogens is 228 g/mol. The normalized spacial score (nSPS) is 10.4. The minimum atomic E-state index is -0.381. The summed E-state index contributed by atoms with van der Waals surface area (Å²) in [4.78, 5) is 10.9. The van der Waals surface area contributed by atoms with E-state index < -0.39 is 0 Å². The maximum Gasteiger partial charge on any atom is 0.317 e. The van der Waals surface area contributed by atoms with E-state index >= 15 is 0 Å². The van der Waals surface area contributed by atoms with Gasteiger partial charge in [-0.05, 0) is 23.1 Å². The van der Waals surface area contributed by atoms with Gasteiger partial charge in [0.15, 0.2) is 0 Å². The fraction of sp³-hybridized carbons (Fsp3) is 0.400. The molecule has 0 saturated carbocycles. The zero-order chi connectivity index (χ0) is 13.8. The number of benzene rings is 1. The van der Waals surface area contributed by atoms with Crippen molar-refractivity contribution in [2.75, 3.05) is 7.11 Å². The molecule has 0 amide bonds. The maximum atomic E-state index is 10.9. The summed E-state index contributed by atoms with van der Waals surface area (Å²) in [6.07, 6.45) is 0.0235. The molecule has 0 bridgehead atoms. The van der Waals surface area contributed by atoms with E-state index in [4.69, 9.17) is 0 Å². The molecule has 0 aliphatic carbocycles. The topological polar surface area (TPSA) is 46.5 Å². The molecule has 1 aromatic rings. The van der Waals surface area contributed by atoms with E-state index in [1.807, 2.05) is 12.1 Å². The number of esters is 1. The number of ether oxygens (including phenoxy) is 1. The first kappa shape index (κ1) is 14.1. The van der Waals surface area contributed by atoms with Gasteiger partial charge in [0, 0.05) is 0 Å². The Morgan fingerprint density at radius 2 is 2.06 bits per heavy atom. The lowest BCUT2D eigenvalue weighted by atomic mass is 9.86. The van der Waals surface area contributed by atoms with Gasteiger partial charge in [0.05, 0.1) is 12.7 Å². The van der Waals surface area contributed by atoms with Crippen LogP contribution in [-0.2, 0) is 14.9 Å². The number of hydrogen-bond donors (Lipinski definition) is 1. The molecule has 3 heteroatoms. The summed E-state index contributed by atoms with van der Waals surface area (Å²) in [6, 6.07) is 5.35. The van der Waals surface area contributed by atoms with Gasteiger partial charge in [-0.2, -0.15) is 0 Å². The van der Waals surface area contributed by atoms with Gasteiger partial charge in [0.1, 0.15) is 12.2 Å². The molecule has 1 aromatic carbocycles. The Hall–Kier alpha value is -1.95. The number of hydrogen-bond acceptors (Lipinski definition) is 3. The monoisotopic (exact) mass is 246 g/mol. The van der Waals surface area contributed by atoms with Crippen molar-refractivity contribution in [1.82, 2.24) is 0 Å². The lowest BCUT2D eigenvalue weighted by Crippen LogP contribution is -2.10. The third-order valence-corrected chi connectivity index (χ3v) is 2.55. The number of rotatable bonds is 1. The van der Waals surface area contributed by atoms with Crippen LogP contribution >= 0.6 is 0 Å². The van der Waals surface area contributed by atoms with Gasteiger partial charge >= 0.3 is 5.97 Å². The lowest BCUT2D eigenvalue weighted by molar-refractivity contribution is -0.139. The fourth-order valence-electron chi connectivity index (χ4n) is 1.39. The zero-order valence-corrected chi connectivity index (χ0v) is 11.2. The van der Waals surface area contributed by atoms with E-state index in [9.17, 15) is 9.90 Å². The third kappa shape index (κ3) is 3.81. The molecule has 0 radical (unpaired) electrons. The van der Waals surface area contributed by atoms with E-state index in [-0.39, 0.29) is 23.6 Å². The van der Waals surface area contributed by atoms with Crippen LogP contribution in [0.3, 0.4) is 0 Å². The van der Waals surface area contributed by atoms with Crippen molar-refractivity contribution in [3.05, 3.63) is 29.3 Å². The molecule has 0 heterocycles. The molecule has 18 heavy (non-hydrogen) atoms. The van der Waals surface area contributed by atoms with Crippen LogP contribution in [0.15, 0.2) is 18.2 Å². The van der Waals surface area contributed by atoms with Gasteiger partial charge in [0.2, 0.25) is 0 Å². The van der Waals surface area contributed by atoms with Crippen molar-refractivity contribution in [3.63, 3.8) is 0 Å². The summed E-state index contributed by atoms with van der Waals surface area (Å²) in [5, 5.41) is 9.70. The molecule has 3 nitrogen and oxygen atoms in total. The number of aromatic hydroxyl groups is 1. The summed E-state index contributed by atoms with van der Waals surface area (Å²) < 4.78 is 4.49. The second-order valence-electron chi connectivity index (χ2n) is 5.04. The fourth-order valence-corrected chi connectivity index (χ4v) is 1.39. The Morgan fingerprint density at radius 1 is 1.39 bits per heavy atom. The highest BCUT2D eigenvalue weighted by Gasteiger charge is 2.14. The predicted octanol–water partition coefficient (Wildman–Crippen LogP) is 2.60. The van der Waals surface area contributed by atoms with Gasteiger partial charge in [-0.3, -0.25) is 4.79 Å². The van der Waals surface area contributed by atoms with Gasteiger partial charge in [-0.25, -0.2) is 0 Å². The van der Waals surface area contributed by atoms with E-state index in [1.54, 1.807) is 6.07 Å². The first-order valence-electron chi connectivity index (χ1n) is 5.74. The van der Waals surface area contributed by atoms with E-state index in [2.05, 4.69) is 37.3 Å². The molecule has 0 unspecified atom stereocenters. The van der Waals surface area contributed by atoms with Crippen LogP contribution in [0.4, 0.5) is 0 Å². The van der Waals surface area contributed by atoms with Gasteiger partial charge in [-0.15, -0.1) is 0 Å². The van der Waals surface area contributed by atoms with Crippen LogP contribution in [0.5, 0.6) is 5.75 Å². The van der Waals surface area contributed by atoms with E-state index in [0.29, 0.717) is 5.56 Å². The van der Waals surface area contributed by atoms with Crippen molar-refractivity contribution < 1.29 is 14.6 Å².